The molecule has 170 valence electrons. The molecule has 0 atom stereocenters. The Morgan fingerprint density at radius 2 is 1.65 bits per heavy atom. The van der Waals surface area contributed by atoms with Crippen LogP contribution < -0.4 is 10.3 Å². The average Bonchev–Trinajstić information content (AvgIpc) is 2.86. The van der Waals surface area contributed by atoms with Crippen molar-refractivity contribution in [2.24, 2.45) is 0 Å². The summed E-state index contributed by atoms with van der Waals surface area (Å²) in [6.07, 6.45) is 5.56. The van der Waals surface area contributed by atoms with E-state index in [9.17, 15) is 14.9 Å². The summed E-state index contributed by atoms with van der Waals surface area (Å²) < 4.78 is 6.79. The molecule has 1 aromatic heterocycles. The topological polar surface area (TPSA) is 74.4 Å². The Balaban J connectivity index is 1.96. The summed E-state index contributed by atoms with van der Waals surface area (Å²) in [6.45, 7) is 2.27. The third-order valence-electron chi connectivity index (χ3n) is 5.63. The van der Waals surface area contributed by atoms with Crippen molar-refractivity contribution in [1.82, 2.24) is 4.57 Å². The van der Waals surface area contributed by atoms with Gasteiger partial charge in [0.1, 0.15) is 5.75 Å². The maximum atomic E-state index is 13.8. The molecule has 6 nitrogen and oxygen atoms in total. The fraction of sp³-hybridized carbons (Fsp3) is 0.107. The van der Waals surface area contributed by atoms with E-state index in [-0.39, 0.29) is 22.4 Å². The van der Waals surface area contributed by atoms with E-state index in [0.29, 0.717) is 17.9 Å². The predicted molar refractivity (Wildman–Crippen MR) is 135 cm³/mol. The number of benzene rings is 3. The van der Waals surface area contributed by atoms with Crippen LogP contribution in [0, 0.1) is 17.0 Å². The second kappa shape index (κ2) is 10.0. The van der Waals surface area contributed by atoms with Gasteiger partial charge in [-0.3, -0.25) is 14.9 Å². The smallest absolute Gasteiger partial charge is 0.281 e. The Morgan fingerprint density at radius 3 is 2.29 bits per heavy atom. The number of hydrogen-bond acceptors (Lipinski definition) is 4. The quantitative estimate of drug-likeness (QED) is 0.256. The van der Waals surface area contributed by atoms with Gasteiger partial charge in [-0.15, -0.1) is 0 Å². The van der Waals surface area contributed by atoms with Gasteiger partial charge >= 0.3 is 0 Å². The average molecular weight is 453 g/mol. The molecule has 0 saturated carbocycles. The van der Waals surface area contributed by atoms with Gasteiger partial charge in [-0.25, -0.2) is 0 Å². The highest BCUT2D eigenvalue weighted by Crippen LogP contribution is 2.35. The highest BCUT2D eigenvalue weighted by Gasteiger charge is 2.23. The lowest BCUT2D eigenvalue weighted by Gasteiger charge is -2.15. The molecule has 1 heterocycles. The molecule has 6 heteroatoms. The number of nitrogens with zero attached hydrogens (tertiary/aromatic N) is 2. The van der Waals surface area contributed by atoms with E-state index in [2.05, 4.69) is 0 Å². The Labute approximate surface area is 197 Å². The van der Waals surface area contributed by atoms with Gasteiger partial charge in [-0.2, -0.15) is 0 Å². The van der Waals surface area contributed by atoms with E-state index < -0.39 is 4.92 Å². The van der Waals surface area contributed by atoms with Crippen LogP contribution in [0.5, 0.6) is 5.75 Å². The highest BCUT2D eigenvalue weighted by molar-refractivity contribution is 5.85. The molecule has 34 heavy (non-hydrogen) atoms. The van der Waals surface area contributed by atoms with Crippen LogP contribution in [0.15, 0.2) is 89.9 Å². The summed E-state index contributed by atoms with van der Waals surface area (Å²) in [4.78, 5) is 25.2. The van der Waals surface area contributed by atoms with Gasteiger partial charge in [-0.05, 0) is 41.3 Å². The molecule has 0 radical (unpaired) electrons. The van der Waals surface area contributed by atoms with Gasteiger partial charge in [0.25, 0.3) is 11.2 Å². The number of rotatable bonds is 7. The minimum atomic E-state index is -0.480. The zero-order valence-corrected chi connectivity index (χ0v) is 19.0. The van der Waals surface area contributed by atoms with E-state index >= 15 is 0 Å². The normalized spacial score (nSPS) is 11.0. The van der Waals surface area contributed by atoms with Crippen molar-refractivity contribution in [3.05, 3.63) is 128 Å². The number of hydrogen-bond donors (Lipinski definition) is 0. The van der Waals surface area contributed by atoms with E-state index in [1.54, 1.807) is 22.9 Å². The fourth-order valence-electron chi connectivity index (χ4n) is 3.94. The molecule has 0 amide bonds. The highest BCUT2D eigenvalue weighted by atomic mass is 16.6. The Bertz CT molecular complexity index is 1410. The molecular weight excluding hydrogens is 428 g/mol. The van der Waals surface area contributed by atoms with Crippen molar-refractivity contribution in [2.75, 3.05) is 7.11 Å². The first-order valence-corrected chi connectivity index (χ1v) is 10.8. The molecule has 0 spiro atoms. The third kappa shape index (κ3) is 4.81. The number of pyridine rings is 1. The lowest BCUT2D eigenvalue weighted by atomic mass is 9.95. The summed E-state index contributed by atoms with van der Waals surface area (Å²) in [7, 11) is 1.45. The molecule has 0 aliphatic heterocycles. The van der Waals surface area contributed by atoms with Gasteiger partial charge in [0.15, 0.2) is 0 Å². The molecule has 0 bridgehead atoms. The van der Waals surface area contributed by atoms with Crippen molar-refractivity contribution in [1.29, 1.82) is 0 Å². The van der Waals surface area contributed by atoms with Crippen LogP contribution in [-0.4, -0.2) is 16.6 Å². The number of aryl methyl sites for hydroxylation is 1. The molecule has 0 fully saturated rings. The van der Waals surface area contributed by atoms with E-state index in [4.69, 9.17) is 4.74 Å². The predicted octanol–water partition coefficient (Wildman–Crippen LogP) is 5.96. The van der Waals surface area contributed by atoms with Gasteiger partial charge < -0.3 is 9.30 Å². The Kier molecular flexibility index (Phi) is 6.69. The van der Waals surface area contributed by atoms with Crippen LogP contribution in [0.1, 0.15) is 22.3 Å². The van der Waals surface area contributed by atoms with Gasteiger partial charge in [0.2, 0.25) is 0 Å². The molecule has 4 rings (SSSR count). The standard InChI is InChI=1S/C28H24N2O4/c1-20-18-29(19-22-11-7-4-8-12-22)28(31)27(24(20)15-13-21-9-5-3-6-10-21)25-16-14-23(34-2)17-26(25)30(32)33/h3-18H,19H2,1-2H3/b15-13+. The van der Waals surface area contributed by atoms with Crippen LogP contribution in [0.4, 0.5) is 5.69 Å². The first kappa shape index (κ1) is 22.7. The number of nitro groups is 1. The number of methoxy groups -OCH3 is 1. The van der Waals surface area contributed by atoms with Gasteiger partial charge in [0.05, 0.1) is 35.8 Å². The fourth-order valence-corrected chi connectivity index (χ4v) is 3.94. The first-order valence-electron chi connectivity index (χ1n) is 10.8. The second-order valence-electron chi connectivity index (χ2n) is 7.90. The zero-order chi connectivity index (χ0) is 24.1. The number of aromatic nitrogens is 1. The van der Waals surface area contributed by atoms with Crippen LogP contribution in [0.25, 0.3) is 23.3 Å². The summed E-state index contributed by atoms with van der Waals surface area (Å²) in [5.41, 5.74) is 3.48. The monoisotopic (exact) mass is 452 g/mol. The zero-order valence-electron chi connectivity index (χ0n) is 19.0. The maximum absolute atomic E-state index is 13.8. The summed E-state index contributed by atoms with van der Waals surface area (Å²) >= 11 is 0. The first-order chi connectivity index (χ1) is 16.5. The summed E-state index contributed by atoms with van der Waals surface area (Å²) in [5, 5.41) is 11.9. The molecule has 4 aromatic rings. The SMILES string of the molecule is COc1ccc(-c2c(/C=C/c3ccccc3)c(C)cn(Cc3ccccc3)c2=O)c([N+](=O)[O-])c1. The molecule has 3 aromatic carbocycles. The van der Waals surface area contributed by atoms with Crippen molar-refractivity contribution in [2.45, 2.75) is 13.5 Å². The van der Waals surface area contributed by atoms with E-state index in [1.165, 1.54) is 13.2 Å². The van der Waals surface area contributed by atoms with Crippen molar-refractivity contribution < 1.29 is 9.66 Å². The molecule has 0 aliphatic carbocycles. The molecular formula is C28H24N2O4. The molecule has 0 saturated heterocycles. The third-order valence-corrected chi connectivity index (χ3v) is 5.63. The van der Waals surface area contributed by atoms with Crippen molar-refractivity contribution >= 4 is 17.8 Å². The number of nitro benzene ring substituents is 1. The van der Waals surface area contributed by atoms with Crippen molar-refractivity contribution in [3.63, 3.8) is 0 Å². The molecule has 0 aliphatic rings. The number of ether oxygens (including phenoxy) is 1. The van der Waals surface area contributed by atoms with E-state index in [0.717, 1.165) is 16.7 Å². The van der Waals surface area contributed by atoms with E-state index in [1.807, 2.05) is 79.7 Å². The molecule has 0 unspecified atom stereocenters. The lowest BCUT2D eigenvalue weighted by molar-refractivity contribution is -0.384. The van der Waals surface area contributed by atoms with Crippen LogP contribution in [-0.2, 0) is 6.54 Å². The summed E-state index contributed by atoms with van der Waals surface area (Å²) in [5.74, 6) is 0.356. The van der Waals surface area contributed by atoms with Gasteiger partial charge in [-0.1, -0.05) is 72.8 Å². The van der Waals surface area contributed by atoms with Crippen LogP contribution >= 0.6 is 0 Å². The summed E-state index contributed by atoms with van der Waals surface area (Å²) in [6, 6.07) is 23.9. The Hall–Kier alpha value is -4.45. The van der Waals surface area contributed by atoms with Crippen molar-refractivity contribution in [3.8, 4) is 16.9 Å². The van der Waals surface area contributed by atoms with Crippen LogP contribution in [0.3, 0.4) is 0 Å². The van der Waals surface area contributed by atoms with Crippen LogP contribution in [0.2, 0.25) is 0 Å². The van der Waals surface area contributed by atoms with Gasteiger partial charge in [0, 0.05) is 6.20 Å². The minimum absolute atomic E-state index is 0.178. The Morgan fingerprint density at radius 1 is 0.971 bits per heavy atom. The molecule has 0 N–H and O–H groups in total. The minimum Gasteiger partial charge on any atom is -0.497 e. The lowest BCUT2D eigenvalue weighted by Crippen LogP contribution is -2.24. The largest absolute Gasteiger partial charge is 0.497 e. The maximum Gasteiger partial charge on any atom is 0.281 e. The second-order valence-corrected chi connectivity index (χ2v) is 7.90.